The number of hydrogen-bond acceptors (Lipinski definition) is 4. The van der Waals surface area contributed by atoms with Crippen LogP contribution in [0.4, 0.5) is 0 Å². The minimum absolute atomic E-state index is 0.122. The van der Waals surface area contributed by atoms with E-state index in [0.29, 0.717) is 11.3 Å². The average molecular weight is 324 g/mol. The molecule has 0 aliphatic rings. The molecule has 0 spiro atoms. The maximum atomic E-state index is 12.6. The Morgan fingerprint density at radius 2 is 1.87 bits per heavy atom. The molecule has 0 unspecified atom stereocenters. The molecule has 0 saturated heterocycles. The maximum Gasteiger partial charge on any atom is 0.267 e. The van der Waals surface area contributed by atoms with Gasteiger partial charge in [0.25, 0.3) is 5.56 Å². The van der Waals surface area contributed by atoms with Crippen molar-refractivity contribution in [3.8, 4) is 10.6 Å². The second-order valence-corrected chi connectivity index (χ2v) is 6.33. The molecule has 0 N–H and O–H groups in total. The first-order valence-electron chi connectivity index (χ1n) is 7.31. The van der Waals surface area contributed by atoms with Crippen LogP contribution in [0.1, 0.15) is 28.9 Å². The van der Waals surface area contributed by atoms with Gasteiger partial charge < -0.3 is 0 Å². The third-order valence-electron chi connectivity index (χ3n) is 3.68. The third kappa shape index (κ3) is 3.14. The number of nitrogens with zero attached hydrogens (tertiary/aromatic N) is 2. The average Bonchev–Trinajstić information content (AvgIpc) is 3.09. The number of carbonyl (C=O) groups excluding carboxylic acids is 1. The molecule has 4 nitrogen and oxygen atoms in total. The minimum Gasteiger partial charge on any atom is -0.292 e. The fourth-order valence-corrected chi connectivity index (χ4v) is 3.02. The van der Waals surface area contributed by atoms with E-state index in [2.05, 4.69) is 5.10 Å². The molecular formula is C18H16N2O2S. The lowest BCUT2D eigenvalue weighted by Gasteiger charge is -2.13. The van der Waals surface area contributed by atoms with E-state index in [1.54, 1.807) is 36.5 Å². The first-order chi connectivity index (χ1) is 11.1. The maximum absolute atomic E-state index is 12.6. The lowest BCUT2D eigenvalue weighted by molar-refractivity contribution is 0.0925. The molecule has 0 amide bonds. The van der Waals surface area contributed by atoms with Crippen molar-refractivity contribution in [2.24, 2.45) is 0 Å². The highest BCUT2D eigenvalue weighted by Gasteiger charge is 2.19. The van der Waals surface area contributed by atoms with E-state index in [1.807, 2.05) is 36.6 Å². The Labute approximate surface area is 138 Å². The topological polar surface area (TPSA) is 52.0 Å². The molecule has 0 fully saturated rings. The summed E-state index contributed by atoms with van der Waals surface area (Å²) in [4.78, 5) is 25.7. The van der Waals surface area contributed by atoms with Crippen molar-refractivity contribution in [3.63, 3.8) is 0 Å². The van der Waals surface area contributed by atoms with Crippen molar-refractivity contribution in [3.05, 3.63) is 75.4 Å². The first kappa shape index (κ1) is 15.4. The summed E-state index contributed by atoms with van der Waals surface area (Å²) in [5, 5.41) is 6.32. The molecule has 0 bridgehead atoms. The fraction of sp³-hybridized carbons (Fsp3) is 0.167. The Morgan fingerprint density at radius 3 is 2.52 bits per heavy atom. The summed E-state index contributed by atoms with van der Waals surface area (Å²) in [7, 11) is 0. The highest BCUT2D eigenvalue weighted by molar-refractivity contribution is 7.13. The Morgan fingerprint density at radius 1 is 1.13 bits per heavy atom. The van der Waals surface area contributed by atoms with Crippen molar-refractivity contribution in [1.82, 2.24) is 9.78 Å². The molecular weight excluding hydrogens is 308 g/mol. The Kier molecular flexibility index (Phi) is 4.21. The van der Waals surface area contributed by atoms with Gasteiger partial charge in [0.2, 0.25) is 0 Å². The van der Waals surface area contributed by atoms with E-state index in [-0.39, 0.29) is 11.3 Å². The van der Waals surface area contributed by atoms with Crippen molar-refractivity contribution in [2.45, 2.75) is 19.9 Å². The highest BCUT2D eigenvalue weighted by atomic mass is 32.1. The van der Waals surface area contributed by atoms with Crippen LogP contribution in [0.25, 0.3) is 10.6 Å². The van der Waals surface area contributed by atoms with Gasteiger partial charge in [0.15, 0.2) is 5.78 Å². The molecule has 0 aliphatic heterocycles. The standard InChI is InChI=1S/C18H16N2O2S/c1-12-5-7-14(8-6-12)18(22)13(2)20-17(21)10-9-15(19-20)16-4-3-11-23-16/h3-11,13H,1-2H3/t13-/m1/s1. The molecule has 2 aromatic heterocycles. The number of aryl methyl sites for hydroxylation is 1. The van der Waals surface area contributed by atoms with E-state index < -0.39 is 6.04 Å². The van der Waals surface area contributed by atoms with Gasteiger partial charge in [-0.3, -0.25) is 9.59 Å². The van der Waals surface area contributed by atoms with Gasteiger partial charge >= 0.3 is 0 Å². The molecule has 2 heterocycles. The van der Waals surface area contributed by atoms with Gasteiger partial charge in [-0.2, -0.15) is 5.10 Å². The summed E-state index contributed by atoms with van der Waals surface area (Å²) in [6, 6.07) is 13.7. The van der Waals surface area contributed by atoms with E-state index in [4.69, 9.17) is 0 Å². The largest absolute Gasteiger partial charge is 0.292 e. The van der Waals surface area contributed by atoms with Gasteiger partial charge in [0, 0.05) is 11.6 Å². The molecule has 116 valence electrons. The second kappa shape index (κ2) is 6.30. The number of thiophene rings is 1. The van der Waals surface area contributed by atoms with Crippen LogP contribution in [0.5, 0.6) is 0 Å². The molecule has 0 aliphatic carbocycles. The van der Waals surface area contributed by atoms with Gasteiger partial charge in [-0.05, 0) is 31.4 Å². The quantitative estimate of drug-likeness (QED) is 0.687. The van der Waals surface area contributed by atoms with E-state index in [1.165, 1.54) is 10.7 Å². The molecule has 3 aromatic rings. The number of hydrogen-bond donors (Lipinski definition) is 0. The summed E-state index contributed by atoms with van der Waals surface area (Å²) >= 11 is 1.55. The summed E-state index contributed by atoms with van der Waals surface area (Å²) in [6.45, 7) is 3.67. The molecule has 0 saturated carbocycles. The number of rotatable bonds is 4. The Balaban J connectivity index is 1.97. The summed E-state index contributed by atoms with van der Waals surface area (Å²) in [5.74, 6) is -0.122. The van der Waals surface area contributed by atoms with Gasteiger partial charge in [-0.25, -0.2) is 4.68 Å². The molecule has 5 heteroatoms. The SMILES string of the molecule is Cc1ccc(C(=O)[C@@H](C)n2nc(-c3cccs3)ccc2=O)cc1. The van der Waals surface area contributed by atoms with E-state index in [9.17, 15) is 9.59 Å². The van der Waals surface area contributed by atoms with Crippen LogP contribution in [0.15, 0.2) is 58.7 Å². The molecule has 1 atom stereocenters. The summed E-state index contributed by atoms with van der Waals surface area (Å²) < 4.78 is 1.26. The first-order valence-corrected chi connectivity index (χ1v) is 8.19. The zero-order valence-electron chi connectivity index (χ0n) is 12.9. The lowest BCUT2D eigenvalue weighted by Crippen LogP contribution is -2.30. The van der Waals surface area contributed by atoms with Crippen molar-refractivity contribution >= 4 is 17.1 Å². The predicted octanol–water partition coefficient (Wildman–Crippen LogP) is 3.72. The van der Waals surface area contributed by atoms with Crippen LogP contribution in [-0.4, -0.2) is 15.6 Å². The van der Waals surface area contributed by atoms with E-state index >= 15 is 0 Å². The fourth-order valence-electron chi connectivity index (χ4n) is 2.33. The van der Waals surface area contributed by atoms with Crippen LogP contribution in [0.3, 0.4) is 0 Å². The summed E-state index contributed by atoms with van der Waals surface area (Å²) in [6.07, 6.45) is 0. The van der Waals surface area contributed by atoms with Crippen molar-refractivity contribution in [1.29, 1.82) is 0 Å². The smallest absolute Gasteiger partial charge is 0.267 e. The minimum atomic E-state index is -0.648. The van der Waals surface area contributed by atoms with Gasteiger partial charge in [0.1, 0.15) is 11.7 Å². The zero-order chi connectivity index (χ0) is 16.4. The van der Waals surface area contributed by atoms with Crippen molar-refractivity contribution in [2.75, 3.05) is 0 Å². The number of carbonyl (C=O) groups is 1. The molecule has 1 aromatic carbocycles. The van der Waals surface area contributed by atoms with Crippen LogP contribution < -0.4 is 5.56 Å². The van der Waals surface area contributed by atoms with E-state index in [0.717, 1.165) is 10.4 Å². The Hall–Kier alpha value is -2.53. The number of benzene rings is 1. The second-order valence-electron chi connectivity index (χ2n) is 5.38. The molecule has 3 rings (SSSR count). The third-order valence-corrected chi connectivity index (χ3v) is 4.57. The molecule has 0 radical (unpaired) electrons. The van der Waals surface area contributed by atoms with Crippen LogP contribution >= 0.6 is 11.3 Å². The van der Waals surface area contributed by atoms with Crippen LogP contribution in [0, 0.1) is 6.92 Å². The van der Waals surface area contributed by atoms with Crippen LogP contribution in [-0.2, 0) is 0 Å². The summed E-state index contributed by atoms with van der Waals surface area (Å²) in [5.41, 5.74) is 2.09. The molecule has 23 heavy (non-hydrogen) atoms. The van der Waals surface area contributed by atoms with Gasteiger partial charge in [0.05, 0.1) is 4.88 Å². The highest BCUT2D eigenvalue weighted by Crippen LogP contribution is 2.22. The van der Waals surface area contributed by atoms with Crippen LogP contribution in [0.2, 0.25) is 0 Å². The zero-order valence-corrected chi connectivity index (χ0v) is 13.7. The lowest BCUT2D eigenvalue weighted by atomic mass is 10.0. The number of aromatic nitrogens is 2. The normalized spacial score (nSPS) is 12.1. The van der Waals surface area contributed by atoms with Gasteiger partial charge in [-0.15, -0.1) is 11.3 Å². The Bertz CT molecular complexity index is 880. The van der Waals surface area contributed by atoms with Gasteiger partial charge in [-0.1, -0.05) is 35.9 Å². The monoisotopic (exact) mass is 324 g/mol. The predicted molar refractivity (Wildman–Crippen MR) is 92.0 cm³/mol. The number of Topliss-reactive ketones (excluding diaryl/α,β-unsaturated/α-hetero) is 1. The van der Waals surface area contributed by atoms with Crippen molar-refractivity contribution < 1.29 is 4.79 Å². The number of ketones is 1.